The second kappa shape index (κ2) is 4.05. The van der Waals surface area contributed by atoms with Crippen LogP contribution in [0.1, 0.15) is 44.2 Å². The van der Waals surface area contributed by atoms with Crippen molar-refractivity contribution in [3.05, 3.63) is 21.0 Å². The highest BCUT2D eigenvalue weighted by atomic mass is 16.3. The second-order valence-corrected chi connectivity index (χ2v) is 7.10. The summed E-state index contributed by atoms with van der Waals surface area (Å²) in [7, 11) is 0. The van der Waals surface area contributed by atoms with E-state index in [-0.39, 0.29) is 11.1 Å². The summed E-state index contributed by atoms with van der Waals surface area (Å²) < 4.78 is 0.713. The number of rotatable bonds is 2. The van der Waals surface area contributed by atoms with Crippen molar-refractivity contribution < 1.29 is 4.79 Å². The number of amides is 1. The van der Waals surface area contributed by atoms with Crippen LogP contribution in [0.2, 0.25) is 0 Å². The Morgan fingerprint density at radius 3 is 2.14 bits per heavy atom. The third-order valence-corrected chi connectivity index (χ3v) is 5.75. The van der Waals surface area contributed by atoms with Crippen LogP contribution < -0.4 is 11.3 Å². The molecule has 0 radical (unpaired) electrons. The highest BCUT2D eigenvalue weighted by Gasteiger charge is 2.53. The van der Waals surface area contributed by atoms with Crippen LogP contribution in [0.5, 0.6) is 0 Å². The predicted octanol–water partition coefficient (Wildman–Crippen LogP) is 1.97. The molecule has 0 atom stereocenters. The lowest BCUT2D eigenvalue weighted by Crippen LogP contribution is -2.48. The van der Waals surface area contributed by atoms with Gasteiger partial charge >= 0.3 is 11.6 Å². The molecule has 4 aliphatic rings. The Bertz CT molecular complexity index is 652. The van der Waals surface area contributed by atoms with E-state index in [0.29, 0.717) is 28.1 Å². The molecular weight excluding hydrogens is 272 g/mol. The van der Waals surface area contributed by atoms with Gasteiger partial charge in [-0.15, -0.1) is 4.91 Å². The standard InChI is InChI=1S/C14H18N4O3/c15-13(20)18-12(19)10(17-21)11(16-18)14-4-7-1-8(5-14)3-9(2-7)6-14/h7-9,16H,1-6H2,(H2,15,20). The van der Waals surface area contributed by atoms with Crippen molar-refractivity contribution in [3.8, 4) is 0 Å². The topological polar surface area (TPSA) is 110 Å². The maximum absolute atomic E-state index is 12.1. The largest absolute Gasteiger partial charge is 0.350 e. The van der Waals surface area contributed by atoms with Gasteiger partial charge in [-0.2, -0.15) is 4.68 Å². The molecule has 3 N–H and O–H groups in total. The van der Waals surface area contributed by atoms with E-state index in [9.17, 15) is 14.5 Å². The first-order valence-electron chi connectivity index (χ1n) is 7.51. The fourth-order valence-corrected chi connectivity index (χ4v) is 5.45. The fraction of sp³-hybridized carbons (Fsp3) is 0.714. The van der Waals surface area contributed by atoms with E-state index < -0.39 is 11.6 Å². The van der Waals surface area contributed by atoms with Gasteiger partial charge in [0.1, 0.15) is 0 Å². The zero-order valence-corrected chi connectivity index (χ0v) is 11.7. The number of hydrogen-bond donors (Lipinski definition) is 2. The number of nitroso groups, excluding NO2 is 1. The van der Waals surface area contributed by atoms with E-state index in [1.807, 2.05) is 0 Å². The summed E-state index contributed by atoms with van der Waals surface area (Å²) >= 11 is 0. The zero-order chi connectivity index (χ0) is 14.8. The van der Waals surface area contributed by atoms with Gasteiger partial charge in [0.05, 0.1) is 5.69 Å². The van der Waals surface area contributed by atoms with Gasteiger partial charge in [0.25, 0.3) is 0 Å². The molecule has 1 aromatic rings. The van der Waals surface area contributed by atoms with Crippen LogP contribution in [0.25, 0.3) is 0 Å². The summed E-state index contributed by atoms with van der Waals surface area (Å²) in [5.41, 5.74) is 4.66. The highest BCUT2D eigenvalue weighted by molar-refractivity contribution is 5.74. The summed E-state index contributed by atoms with van der Waals surface area (Å²) in [6, 6.07) is -0.902. The molecule has 1 aromatic heterocycles. The number of carbonyl (C=O) groups is 1. The molecule has 1 heterocycles. The Kier molecular flexibility index (Phi) is 2.47. The Labute approximate surface area is 120 Å². The summed E-state index contributed by atoms with van der Waals surface area (Å²) in [5.74, 6) is 1.99. The average Bonchev–Trinajstić information content (AvgIpc) is 2.74. The molecule has 0 aromatic carbocycles. The van der Waals surface area contributed by atoms with Crippen LogP contribution in [0.4, 0.5) is 10.5 Å². The van der Waals surface area contributed by atoms with Crippen LogP contribution in [-0.4, -0.2) is 15.8 Å². The molecule has 0 unspecified atom stereocenters. The van der Waals surface area contributed by atoms with Gasteiger partial charge in [-0.3, -0.25) is 9.89 Å². The van der Waals surface area contributed by atoms with E-state index in [2.05, 4.69) is 10.3 Å². The van der Waals surface area contributed by atoms with Gasteiger partial charge in [-0.25, -0.2) is 4.79 Å². The minimum atomic E-state index is -0.902. The molecule has 112 valence electrons. The Morgan fingerprint density at radius 2 is 1.71 bits per heavy atom. The maximum atomic E-state index is 12.1. The molecule has 5 rings (SSSR count). The first kappa shape index (κ1) is 12.8. The summed E-state index contributed by atoms with van der Waals surface area (Å²) in [4.78, 5) is 34.6. The van der Waals surface area contributed by atoms with Crippen LogP contribution in [-0.2, 0) is 5.41 Å². The predicted molar refractivity (Wildman–Crippen MR) is 75.3 cm³/mol. The van der Waals surface area contributed by atoms with Crippen molar-refractivity contribution in [2.24, 2.45) is 28.7 Å². The number of nitrogens with zero attached hydrogens (tertiary/aromatic N) is 2. The fourth-order valence-electron chi connectivity index (χ4n) is 5.45. The quantitative estimate of drug-likeness (QED) is 0.812. The number of carbonyl (C=O) groups excluding carboxylic acids is 1. The van der Waals surface area contributed by atoms with E-state index in [1.54, 1.807) is 0 Å². The molecule has 4 saturated carbocycles. The number of H-pyrrole nitrogens is 1. The summed E-state index contributed by atoms with van der Waals surface area (Å²) in [5, 5.41) is 5.70. The number of nitrogens with two attached hydrogens (primary N) is 1. The number of nitrogens with one attached hydrogen (secondary N) is 1. The number of hydrogen-bond acceptors (Lipinski definition) is 4. The molecule has 7 nitrogen and oxygen atoms in total. The molecule has 4 aliphatic carbocycles. The van der Waals surface area contributed by atoms with Crippen molar-refractivity contribution in [3.63, 3.8) is 0 Å². The van der Waals surface area contributed by atoms with E-state index in [0.717, 1.165) is 19.3 Å². The molecule has 21 heavy (non-hydrogen) atoms. The van der Waals surface area contributed by atoms with E-state index in [1.165, 1.54) is 19.3 Å². The van der Waals surface area contributed by atoms with Gasteiger partial charge in [0, 0.05) is 5.41 Å². The Balaban J connectivity index is 1.87. The molecule has 1 amide bonds. The van der Waals surface area contributed by atoms with Crippen molar-refractivity contribution >= 4 is 11.7 Å². The van der Waals surface area contributed by atoms with Crippen molar-refractivity contribution in [1.29, 1.82) is 0 Å². The van der Waals surface area contributed by atoms with Gasteiger partial charge in [-0.1, -0.05) is 0 Å². The third-order valence-electron chi connectivity index (χ3n) is 5.75. The van der Waals surface area contributed by atoms with Crippen molar-refractivity contribution in [2.45, 2.75) is 43.9 Å². The molecule has 0 aliphatic heterocycles. The van der Waals surface area contributed by atoms with Crippen molar-refractivity contribution in [1.82, 2.24) is 9.78 Å². The van der Waals surface area contributed by atoms with Gasteiger partial charge < -0.3 is 5.73 Å². The summed E-state index contributed by atoms with van der Waals surface area (Å²) in [6.07, 6.45) is 6.68. The zero-order valence-electron chi connectivity index (χ0n) is 11.7. The normalized spacial score (nSPS) is 36.9. The number of aromatic amines is 1. The van der Waals surface area contributed by atoms with Crippen LogP contribution in [0, 0.1) is 22.7 Å². The Morgan fingerprint density at radius 1 is 1.19 bits per heavy atom. The smallest absolute Gasteiger partial charge is 0.341 e. The van der Waals surface area contributed by atoms with Crippen LogP contribution >= 0.6 is 0 Å². The van der Waals surface area contributed by atoms with Crippen molar-refractivity contribution in [2.75, 3.05) is 0 Å². The summed E-state index contributed by atoms with van der Waals surface area (Å²) in [6.45, 7) is 0. The van der Waals surface area contributed by atoms with Gasteiger partial charge in [0.2, 0.25) is 0 Å². The average molecular weight is 290 g/mol. The van der Waals surface area contributed by atoms with E-state index >= 15 is 0 Å². The molecule has 4 fully saturated rings. The molecule has 4 bridgehead atoms. The molecular formula is C14H18N4O3. The highest BCUT2D eigenvalue weighted by Crippen LogP contribution is 2.61. The number of primary amides is 1. The number of aromatic nitrogens is 2. The van der Waals surface area contributed by atoms with E-state index in [4.69, 9.17) is 5.73 Å². The van der Waals surface area contributed by atoms with Crippen LogP contribution in [0.3, 0.4) is 0 Å². The third kappa shape index (κ3) is 1.66. The SMILES string of the molecule is NC(=O)n1[nH]c(C23CC4CC(CC(C4)C2)C3)c(N=O)c1=O. The molecule has 7 heteroatoms. The lowest BCUT2D eigenvalue weighted by atomic mass is 9.48. The first-order chi connectivity index (χ1) is 10.0. The second-order valence-electron chi connectivity index (χ2n) is 7.10. The lowest BCUT2D eigenvalue weighted by molar-refractivity contribution is -0.00707. The minimum absolute atomic E-state index is 0.157. The molecule has 0 saturated heterocycles. The Hall–Kier alpha value is -1.92. The molecule has 0 spiro atoms. The van der Waals surface area contributed by atoms with Gasteiger partial charge in [0.15, 0.2) is 5.69 Å². The van der Waals surface area contributed by atoms with Crippen LogP contribution in [0.15, 0.2) is 9.97 Å². The monoisotopic (exact) mass is 290 g/mol. The van der Waals surface area contributed by atoms with Gasteiger partial charge in [-0.05, 0) is 61.5 Å². The first-order valence-corrected chi connectivity index (χ1v) is 7.51. The minimum Gasteiger partial charge on any atom is -0.350 e. The lowest BCUT2D eigenvalue weighted by Gasteiger charge is -2.56. The maximum Gasteiger partial charge on any atom is 0.341 e.